The average Bonchev–Trinajstić information content (AvgIpc) is 2.29. The number of ether oxygens (including phenoxy) is 1. The summed E-state index contributed by atoms with van der Waals surface area (Å²) in [4.78, 5) is 10.7. The van der Waals surface area contributed by atoms with Gasteiger partial charge in [0.2, 0.25) is 0 Å². The van der Waals surface area contributed by atoms with Gasteiger partial charge in [-0.05, 0) is 24.0 Å². The van der Waals surface area contributed by atoms with Crippen LogP contribution < -0.4 is 4.74 Å². The van der Waals surface area contributed by atoms with Gasteiger partial charge >= 0.3 is 5.97 Å². The van der Waals surface area contributed by atoms with Crippen molar-refractivity contribution in [2.45, 2.75) is 33.1 Å². The van der Waals surface area contributed by atoms with Crippen LogP contribution in [0.3, 0.4) is 0 Å². The molecule has 1 unspecified atom stereocenters. The lowest BCUT2D eigenvalue weighted by molar-refractivity contribution is -0.141. The van der Waals surface area contributed by atoms with Crippen molar-refractivity contribution in [3.63, 3.8) is 0 Å². The number of carboxylic acid groups (broad SMARTS) is 1. The van der Waals surface area contributed by atoms with Crippen LogP contribution in [0.25, 0.3) is 0 Å². The monoisotopic (exact) mass is 236 g/mol. The molecule has 0 radical (unpaired) electrons. The van der Waals surface area contributed by atoms with Crippen LogP contribution in [-0.4, -0.2) is 17.7 Å². The molecule has 1 rings (SSSR count). The largest absolute Gasteiger partial charge is 0.493 e. The standard InChI is InChI=1S/C14H20O3/c1-10(2)12-6-4-5-7-13(12)17-9-8-11(3)14(15)16/h4-7,10-11H,8-9H2,1-3H3,(H,15,16). The zero-order chi connectivity index (χ0) is 12.8. The van der Waals surface area contributed by atoms with Crippen molar-refractivity contribution in [2.75, 3.05) is 6.61 Å². The first kappa shape index (κ1) is 13.6. The molecule has 0 aliphatic rings. The number of rotatable bonds is 6. The summed E-state index contributed by atoms with van der Waals surface area (Å²) in [6, 6.07) is 7.89. The van der Waals surface area contributed by atoms with Crippen molar-refractivity contribution in [2.24, 2.45) is 5.92 Å². The average molecular weight is 236 g/mol. The van der Waals surface area contributed by atoms with Crippen LogP contribution in [0, 0.1) is 5.92 Å². The second-order valence-electron chi connectivity index (χ2n) is 4.57. The van der Waals surface area contributed by atoms with Gasteiger partial charge in [0.25, 0.3) is 0 Å². The van der Waals surface area contributed by atoms with Crippen molar-refractivity contribution in [3.8, 4) is 5.75 Å². The molecule has 0 aromatic heterocycles. The fourth-order valence-electron chi connectivity index (χ4n) is 1.56. The van der Waals surface area contributed by atoms with E-state index in [0.717, 1.165) is 11.3 Å². The Labute approximate surface area is 102 Å². The van der Waals surface area contributed by atoms with Gasteiger partial charge in [-0.25, -0.2) is 0 Å². The molecule has 1 aromatic carbocycles. The maximum absolute atomic E-state index is 10.7. The number of carbonyl (C=O) groups is 1. The number of para-hydroxylation sites is 1. The van der Waals surface area contributed by atoms with Gasteiger partial charge < -0.3 is 9.84 Å². The van der Waals surface area contributed by atoms with Gasteiger partial charge in [0.05, 0.1) is 12.5 Å². The molecule has 0 heterocycles. The highest BCUT2D eigenvalue weighted by Gasteiger charge is 2.11. The molecule has 0 saturated carbocycles. The first-order chi connectivity index (χ1) is 8.02. The zero-order valence-electron chi connectivity index (χ0n) is 10.6. The van der Waals surface area contributed by atoms with E-state index in [1.54, 1.807) is 6.92 Å². The second kappa shape index (κ2) is 6.28. The summed E-state index contributed by atoms with van der Waals surface area (Å²) in [6.07, 6.45) is 0.530. The van der Waals surface area contributed by atoms with E-state index in [9.17, 15) is 4.79 Å². The van der Waals surface area contributed by atoms with Crippen LogP contribution in [0.1, 0.15) is 38.7 Å². The highest BCUT2D eigenvalue weighted by molar-refractivity contribution is 5.69. The van der Waals surface area contributed by atoms with Gasteiger partial charge in [-0.2, -0.15) is 0 Å². The Balaban J connectivity index is 2.55. The highest BCUT2D eigenvalue weighted by Crippen LogP contribution is 2.26. The predicted molar refractivity (Wildman–Crippen MR) is 67.4 cm³/mol. The number of benzene rings is 1. The maximum Gasteiger partial charge on any atom is 0.306 e. The number of hydrogen-bond donors (Lipinski definition) is 1. The van der Waals surface area contributed by atoms with Crippen LogP contribution in [-0.2, 0) is 4.79 Å². The first-order valence-corrected chi connectivity index (χ1v) is 5.97. The normalized spacial score (nSPS) is 12.5. The third-order valence-electron chi connectivity index (χ3n) is 2.77. The Bertz CT molecular complexity index is 371. The van der Waals surface area contributed by atoms with E-state index in [1.807, 2.05) is 24.3 Å². The van der Waals surface area contributed by atoms with E-state index >= 15 is 0 Å². The molecule has 0 aliphatic carbocycles. The fourth-order valence-corrected chi connectivity index (χ4v) is 1.56. The molecule has 1 N–H and O–H groups in total. The lowest BCUT2D eigenvalue weighted by atomic mass is 10.0. The van der Waals surface area contributed by atoms with Crippen molar-refractivity contribution in [1.82, 2.24) is 0 Å². The third-order valence-corrected chi connectivity index (χ3v) is 2.77. The quantitative estimate of drug-likeness (QED) is 0.824. The Kier molecular flexibility index (Phi) is 5.01. The van der Waals surface area contributed by atoms with E-state index in [4.69, 9.17) is 9.84 Å². The summed E-state index contributed by atoms with van der Waals surface area (Å²) in [6.45, 7) is 6.36. The van der Waals surface area contributed by atoms with Gasteiger partial charge in [-0.3, -0.25) is 4.79 Å². The molecular weight excluding hydrogens is 216 g/mol. The summed E-state index contributed by atoms with van der Waals surface area (Å²) in [7, 11) is 0. The molecule has 0 aliphatic heterocycles. The second-order valence-corrected chi connectivity index (χ2v) is 4.57. The van der Waals surface area contributed by atoms with Gasteiger partial charge in [0.15, 0.2) is 0 Å². The topological polar surface area (TPSA) is 46.5 Å². The smallest absolute Gasteiger partial charge is 0.306 e. The Morgan fingerprint density at radius 1 is 1.29 bits per heavy atom. The number of hydrogen-bond acceptors (Lipinski definition) is 2. The van der Waals surface area contributed by atoms with E-state index in [1.165, 1.54) is 0 Å². The maximum atomic E-state index is 10.7. The molecule has 0 spiro atoms. The lowest BCUT2D eigenvalue weighted by Gasteiger charge is -2.14. The van der Waals surface area contributed by atoms with Gasteiger partial charge in [-0.1, -0.05) is 39.0 Å². The van der Waals surface area contributed by atoms with Crippen LogP contribution in [0.2, 0.25) is 0 Å². The summed E-state index contributed by atoms with van der Waals surface area (Å²) < 4.78 is 5.66. The molecular formula is C14H20O3. The Hall–Kier alpha value is -1.51. The molecule has 0 saturated heterocycles. The minimum atomic E-state index is -0.772. The van der Waals surface area contributed by atoms with E-state index < -0.39 is 5.97 Å². The van der Waals surface area contributed by atoms with Crippen LogP contribution in [0.4, 0.5) is 0 Å². The van der Waals surface area contributed by atoms with E-state index in [0.29, 0.717) is 18.9 Å². The first-order valence-electron chi connectivity index (χ1n) is 5.97. The molecule has 1 atom stereocenters. The molecule has 94 valence electrons. The minimum absolute atomic E-state index is 0.360. The summed E-state index contributed by atoms with van der Waals surface area (Å²) in [5.41, 5.74) is 1.16. The van der Waals surface area contributed by atoms with Gasteiger partial charge in [-0.15, -0.1) is 0 Å². The molecule has 0 bridgehead atoms. The van der Waals surface area contributed by atoms with E-state index in [2.05, 4.69) is 13.8 Å². The Morgan fingerprint density at radius 2 is 1.94 bits per heavy atom. The minimum Gasteiger partial charge on any atom is -0.493 e. The molecule has 0 amide bonds. The van der Waals surface area contributed by atoms with Crippen molar-refractivity contribution >= 4 is 5.97 Å². The predicted octanol–water partition coefficient (Wildman–Crippen LogP) is 3.30. The van der Waals surface area contributed by atoms with Crippen molar-refractivity contribution in [1.29, 1.82) is 0 Å². The lowest BCUT2D eigenvalue weighted by Crippen LogP contribution is -2.13. The van der Waals surface area contributed by atoms with Crippen LogP contribution >= 0.6 is 0 Å². The highest BCUT2D eigenvalue weighted by atomic mass is 16.5. The zero-order valence-corrected chi connectivity index (χ0v) is 10.6. The SMILES string of the molecule is CC(CCOc1ccccc1C(C)C)C(=O)O. The van der Waals surface area contributed by atoms with Gasteiger partial charge in [0, 0.05) is 0 Å². The Morgan fingerprint density at radius 3 is 2.53 bits per heavy atom. The molecule has 3 nitrogen and oxygen atoms in total. The van der Waals surface area contributed by atoms with Gasteiger partial charge in [0.1, 0.15) is 5.75 Å². The fraction of sp³-hybridized carbons (Fsp3) is 0.500. The van der Waals surface area contributed by atoms with Crippen LogP contribution in [0.5, 0.6) is 5.75 Å². The summed E-state index contributed by atoms with van der Waals surface area (Å²) in [5.74, 6) is 0.134. The number of aliphatic carboxylic acids is 1. The van der Waals surface area contributed by atoms with Crippen molar-refractivity contribution in [3.05, 3.63) is 29.8 Å². The van der Waals surface area contributed by atoms with E-state index in [-0.39, 0.29) is 5.92 Å². The molecule has 3 heteroatoms. The van der Waals surface area contributed by atoms with Crippen molar-refractivity contribution < 1.29 is 14.6 Å². The molecule has 1 aromatic rings. The number of carboxylic acids is 1. The summed E-state index contributed by atoms with van der Waals surface area (Å²) in [5, 5.41) is 8.77. The third kappa shape index (κ3) is 4.10. The molecule has 0 fully saturated rings. The molecule has 17 heavy (non-hydrogen) atoms. The summed E-state index contributed by atoms with van der Waals surface area (Å²) >= 11 is 0. The van der Waals surface area contributed by atoms with Crippen LogP contribution in [0.15, 0.2) is 24.3 Å².